The summed E-state index contributed by atoms with van der Waals surface area (Å²) in [4.78, 5) is 3.81. The Morgan fingerprint density at radius 1 is 1.04 bits per heavy atom. The highest BCUT2D eigenvalue weighted by Gasteiger charge is 2.24. The van der Waals surface area contributed by atoms with Gasteiger partial charge in [0.2, 0.25) is 5.82 Å². The Morgan fingerprint density at radius 2 is 1.65 bits per heavy atom. The number of nitrogens with zero attached hydrogens (tertiary/aromatic N) is 2. The average Bonchev–Trinajstić information content (AvgIpc) is 2.55. The van der Waals surface area contributed by atoms with E-state index >= 15 is 0 Å². The highest BCUT2D eigenvalue weighted by molar-refractivity contribution is 7.80. The zero-order chi connectivity index (χ0) is 17.0. The molecular weight excluding hydrogens is 339 g/mol. The molecule has 2 N–H and O–H groups in total. The summed E-state index contributed by atoms with van der Waals surface area (Å²) >= 11 is 4.83. The average molecular weight is 346 g/mol. The number of benzene rings is 1. The molecule has 1 aromatic carbocycles. The van der Waals surface area contributed by atoms with Gasteiger partial charge in [0, 0.05) is 6.20 Å². The third-order valence-corrected chi connectivity index (χ3v) is 2.72. The van der Waals surface area contributed by atoms with Gasteiger partial charge in [-0.1, -0.05) is 0 Å². The summed E-state index contributed by atoms with van der Waals surface area (Å²) in [6.07, 6.45) is 3.41. The quantitative estimate of drug-likeness (QED) is 0.224. The molecule has 0 fully saturated rings. The number of hydrazone groups is 1. The molecule has 0 saturated heterocycles. The van der Waals surface area contributed by atoms with Crippen LogP contribution in [0.15, 0.2) is 29.6 Å². The van der Waals surface area contributed by atoms with Crippen LogP contribution >= 0.6 is 12.2 Å². The first-order chi connectivity index (χ1) is 10.9. The molecule has 0 spiro atoms. The summed E-state index contributed by atoms with van der Waals surface area (Å²) in [6, 6.07) is 3.26. The molecule has 0 aliphatic carbocycles. The van der Waals surface area contributed by atoms with E-state index in [2.05, 4.69) is 20.8 Å². The highest BCUT2D eigenvalue weighted by atomic mass is 32.1. The predicted octanol–water partition coefficient (Wildman–Crippen LogP) is 3.10. The van der Waals surface area contributed by atoms with Crippen LogP contribution in [0.2, 0.25) is 0 Å². The third-order valence-electron chi connectivity index (χ3n) is 2.52. The molecule has 0 unspecified atom stereocenters. The summed E-state index contributed by atoms with van der Waals surface area (Å²) in [5, 5.41) is 5.90. The molecule has 10 heteroatoms. The van der Waals surface area contributed by atoms with Gasteiger partial charge in [-0.25, -0.2) is 22.0 Å². The van der Waals surface area contributed by atoms with Gasteiger partial charge in [-0.3, -0.25) is 10.4 Å². The molecule has 4 nitrogen and oxygen atoms in total. The predicted molar refractivity (Wildman–Crippen MR) is 77.4 cm³/mol. The fourth-order valence-electron chi connectivity index (χ4n) is 1.49. The van der Waals surface area contributed by atoms with E-state index in [1.807, 2.05) is 0 Å². The van der Waals surface area contributed by atoms with E-state index in [9.17, 15) is 22.0 Å². The first kappa shape index (κ1) is 16.7. The van der Waals surface area contributed by atoms with Crippen molar-refractivity contribution >= 4 is 29.2 Å². The van der Waals surface area contributed by atoms with Gasteiger partial charge < -0.3 is 5.32 Å². The van der Waals surface area contributed by atoms with E-state index in [0.29, 0.717) is 11.9 Å². The lowest BCUT2D eigenvalue weighted by molar-refractivity contribution is 0.377. The van der Waals surface area contributed by atoms with Gasteiger partial charge >= 0.3 is 0 Å². The van der Waals surface area contributed by atoms with Gasteiger partial charge in [-0.2, -0.15) is 5.10 Å². The number of hydrogen-bond donors (Lipinski definition) is 2. The molecule has 2 aromatic rings. The lowest BCUT2D eigenvalue weighted by atomic mass is 10.2. The van der Waals surface area contributed by atoms with Gasteiger partial charge in [-0.05, 0) is 24.4 Å². The van der Waals surface area contributed by atoms with Crippen molar-refractivity contribution in [2.45, 2.75) is 0 Å². The zero-order valence-electron chi connectivity index (χ0n) is 11.1. The van der Waals surface area contributed by atoms with Crippen molar-refractivity contribution in [2.75, 3.05) is 5.32 Å². The lowest BCUT2D eigenvalue weighted by Crippen LogP contribution is -2.24. The number of halogens is 5. The smallest absolute Gasteiger partial charge is 0.200 e. The number of rotatable bonds is 3. The van der Waals surface area contributed by atoms with E-state index in [1.54, 1.807) is 12.1 Å². The topological polar surface area (TPSA) is 49.3 Å². The van der Waals surface area contributed by atoms with Gasteiger partial charge in [0.1, 0.15) is 0 Å². The SMILES string of the molecule is Fc1c(F)c(F)c(C=NNC(=S)Nc2cccnc2)c(F)c1F. The Labute approximate surface area is 132 Å². The van der Waals surface area contributed by atoms with Crippen molar-refractivity contribution < 1.29 is 22.0 Å². The molecule has 120 valence electrons. The Bertz CT molecular complexity index is 738. The first-order valence-corrected chi connectivity index (χ1v) is 6.34. The minimum absolute atomic E-state index is 0.0712. The van der Waals surface area contributed by atoms with Crippen LogP contribution < -0.4 is 10.7 Å². The van der Waals surface area contributed by atoms with Crippen molar-refractivity contribution in [3.63, 3.8) is 0 Å². The molecule has 0 amide bonds. The largest absolute Gasteiger partial charge is 0.330 e. The second kappa shape index (κ2) is 7.09. The van der Waals surface area contributed by atoms with Crippen molar-refractivity contribution in [1.82, 2.24) is 10.4 Å². The number of thiocarbonyl (C=S) groups is 1. The third kappa shape index (κ3) is 3.77. The van der Waals surface area contributed by atoms with Crippen LogP contribution in [0.4, 0.5) is 27.6 Å². The molecule has 0 atom stereocenters. The molecule has 0 radical (unpaired) electrons. The molecule has 0 aliphatic heterocycles. The van der Waals surface area contributed by atoms with E-state index in [1.165, 1.54) is 12.4 Å². The minimum Gasteiger partial charge on any atom is -0.330 e. The van der Waals surface area contributed by atoms with Crippen molar-refractivity contribution in [3.8, 4) is 0 Å². The Hall–Kier alpha value is -2.62. The maximum Gasteiger partial charge on any atom is 0.200 e. The van der Waals surface area contributed by atoms with E-state index in [-0.39, 0.29) is 5.11 Å². The van der Waals surface area contributed by atoms with E-state index in [4.69, 9.17) is 12.2 Å². The molecule has 1 heterocycles. The summed E-state index contributed by atoms with van der Waals surface area (Å²) in [5.74, 6) is -10.3. The summed E-state index contributed by atoms with van der Waals surface area (Å²) < 4.78 is 65.6. The number of anilines is 1. The van der Waals surface area contributed by atoms with Crippen LogP contribution in [-0.2, 0) is 0 Å². The van der Waals surface area contributed by atoms with E-state index in [0.717, 1.165) is 0 Å². The highest BCUT2D eigenvalue weighted by Crippen LogP contribution is 2.21. The molecule has 0 bridgehead atoms. The molecule has 1 aromatic heterocycles. The normalized spacial score (nSPS) is 10.8. The van der Waals surface area contributed by atoms with Crippen molar-refractivity contribution in [2.24, 2.45) is 5.10 Å². The van der Waals surface area contributed by atoms with Crippen LogP contribution in [0.25, 0.3) is 0 Å². The van der Waals surface area contributed by atoms with Crippen LogP contribution in [0, 0.1) is 29.1 Å². The molecule has 0 aliphatic rings. The van der Waals surface area contributed by atoms with E-state index < -0.39 is 34.6 Å². The van der Waals surface area contributed by atoms with Crippen LogP contribution in [0.3, 0.4) is 0 Å². The number of pyridine rings is 1. The van der Waals surface area contributed by atoms with Crippen molar-refractivity contribution in [1.29, 1.82) is 0 Å². The maximum atomic E-state index is 13.4. The Balaban J connectivity index is 2.11. The maximum absolute atomic E-state index is 13.4. The van der Waals surface area contributed by atoms with Gasteiger partial charge in [-0.15, -0.1) is 0 Å². The number of aromatic nitrogens is 1. The fraction of sp³-hybridized carbons (Fsp3) is 0. The Morgan fingerprint density at radius 3 is 2.22 bits per heavy atom. The summed E-state index contributed by atoms with van der Waals surface area (Å²) in [5.41, 5.74) is 1.51. The van der Waals surface area contributed by atoms with Crippen LogP contribution in [-0.4, -0.2) is 16.3 Å². The lowest BCUT2D eigenvalue weighted by Gasteiger charge is -2.06. The number of nitrogens with one attached hydrogen (secondary N) is 2. The van der Waals surface area contributed by atoms with Crippen molar-refractivity contribution in [3.05, 3.63) is 59.2 Å². The molecular formula is C13H7F5N4S. The summed E-state index contributed by atoms with van der Waals surface area (Å²) in [6.45, 7) is 0. The molecule has 0 saturated carbocycles. The molecule has 2 rings (SSSR count). The fourth-order valence-corrected chi connectivity index (χ4v) is 1.66. The van der Waals surface area contributed by atoms with Gasteiger partial charge in [0.15, 0.2) is 28.4 Å². The number of hydrogen-bond acceptors (Lipinski definition) is 3. The second-order valence-corrected chi connectivity index (χ2v) is 4.46. The Kier molecular flexibility index (Phi) is 5.16. The van der Waals surface area contributed by atoms with Crippen LogP contribution in [0.5, 0.6) is 0 Å². The molecule has 23 heavy (non-hydrogen) atoms. The standard InChI is InChI=1S/C13H7F5N4S/c14-8-7(9(15)11(17)12(18)10(8)16)5-20-22-13(23)21-6-2-1-3-19-4-6/h1-5H,(H2,21,22,23). The van der Waals surface area contributed by atoms with Crippen LogP contribution in [0.1, 0.15) is 5.56 Å². The minimum atomic E-state index is -2.24. The second-order valence-electron chi connectivity index (χ2n) is 4.05. The van der Waals surface area contributed by atoms with Gasteiger partial charge in [0.25, 0.3) is 0 Å². The van der Waals surface area contributed by atoms with Gasteiger partial charge in [0.05, 0.1) is 23.7 Å². The first-order valence-electron chi connectivity index (χ1n) is 5.93. The monoisotopic (exact) mass is 346 g/mol. The summed E-state index contributed by atoms with van der Waals surface area (Å²) in [7, 11) is 0. The zero-order valence-corrected chi connectivity index (χ0v) is 11.9.